The minimum absolute atomic E-state index is 0.163. The third-order valence-electron chi connectivity index (χ3n) is 4.35. The first kappa shape index (κ1) is 19.7. The van der Waals surface area contributed by atoms with Gasteiger partial charge in [0.05, 0.1) is 15.9 Å². The summed E-state index contributed by atoms with van der Waals surface area (Å²) >= 11 is 5.94. The lowest BCUT2D eigenvalue weighted by Gasteiger charge is -2.16. The van der Waals surface area contributed by atoms with Crippen LogP contribution in [0, 0.1) is 20.2 Å². The summed E-state index contributed by atoms with van der Waals surface area (Å²) in [5.74, 6) is -0.163. The van der Waals surface area contributed by atoms with Crippen LogP contribution in [0.1, 0.15) is 18.4 Å². The first-order valence-corrected chi connectivity index (χ1v) is 8.97. The summed E-state index contributed by atoms with van der Waals surface area (Å²) in [4.78, 5) is 28.2. The molecule has 28 heavy (non-hydrogen) atoms. The van der Waals surface area contributed by atoms with Crippen LogP contribution in [0.2, 0.25) is 5.02 Å². The number of likely N-dealkylation sites (tertiary alicyclic amines) is 1. The highest BCUT2D eigenvalue weighted by Gasteiger charge is 2.22. The summed E-state index contributed by atoms with van der Waals surface area (Å²) in [6, 6.07) is 10.2. The van der Waals surface area contributed by atoms with Gasteiger partial charge in [0.15, 0.2) is 0 Å². The van der Waals surface area contributed by atoms with E-state index in [1.165, 1.54) is 6.07 Å². The van der Waals surface area contributed by atoms with Gasteiger partial charge in [0.2, 0.25) is 5.75 Å². The number of nitrogens with zero attached hydrogens (tertiary/aromatic N) is 4. The topological polar surface area (TPSA) is 111 Å². The number of non-ortho nitro benzene ring substituents is 1. The standard InChI is InChI=1S/C18H17ClN4O5/c19-14-5-3-13(4-6-14)16(12-21-9-1-2-10-21)20-28-18-8-7-15(22(24)25)11-17(18)23(26)27/h3-8,11H,1-2,9-10,12H2/b20-16+. The molecule has 1 aliphatic rings. The van der Waals surface area contributed by atoms with Crippen LogP contribution in [0.15, 0.2) is 47.6 Å². The fourth-order valence-electron chi connectivity index (χ4n) is 2.91. The maximum absolute atomic E-state index is 11.3. The van der Waals surface area contributed by atoms with Crippen LogP contribution in [0.5, 0.6) is 5.75 Å². The normalized spacial score (nSPS) is 14.8. The summed E-state index contributed by atoms with van der Waals surface area (Å²) in [6.45, 7) is 2.39. The Balaban J connectivity index is 1.90. The van der Waals surface area contributed by atoms with Crippen molar-refractivity contribution in [2.24, 2.45) is 5.16 Å². The number of benzene rings is 2. The molecule has 0 spiro atoms. The van der Waals surface area contributed by atoms with Gasteiger partial charge in [-0.15, -0.1) is 0 Å². The van der Waals surface area contributed by atoms with E-state index in [2.05, 4.69) is 10.1 Å². The molecule has 1 aliphatic heterocycles. The average molecular weight is 405 g/mol. The van der Waals surface area contributed by atoms with E-state index in [4.69, 9.17) is 16.4 Å². The van der Waals surface area contributed by atoms with Crippen molar-refractivity contribution < 1.29 is 14.7 Å². The first-order valence-electron chi connectivity index (χ1n) is 8.59. The Hall–Kier alpha value is -3.04. The molecule has 10 heteroatoms. The first-order chi connectivity index (χ1) is 13.4. The lowest BCUT2D eigenvalue weighted by Crippen LogP contribution is -2.28. The molecule has 0 unspecified atom stereocenters. The molecular formula is C18H17ClN4O5. The van der Waals surface area contributed by atoms with E-state index >= 15 is 0 Å². The molecule has 0 aromatic heterocycles. The fourth-order valence-corrected chi connectivity index (χ4v) is 3.04. The van der Waals surface area contributed by atoms with E-state index in [0.29, 0.717) is 17.3 Å². The van der Waals surface area contributed by atoms with Crippen molar-refractivity contribution in [1.82, 2.24) is 4.90 Å². The molecule has 0 saturated carbocycles. The molecule has 0 radical (unpaired) electrons. The van der Waals surface area contributed by atoms with Crippen molar-refractivity contribution in [3.8, 4) is 5.75 Å². The van der Waals surface area contributed by atoms with E-state index in [0.717, 1.165) is 43.6 Å². The Labute approximate surface area is 165 Å². The number of halogens is 1. The molecule has 0 bridgehead atoms. The second-order valence-corrected chi connectivity index (χ2v) is 6.72. The lowest BCUT2D eigenvalue weighted by molar-refractivity contribution is -0.394. The number of oxime groups is 1. The SMILES string of the molecule is O=[N+]([O-])c1ccc(O/N=C(\CN2CCCC2)c2ccc(Cl)cc2)c([N+](=O)[O-])c1. The van der Waals surface area contributed by atoms with Gasteiger partial charge in [-0.05, 0) is 44.1 Å². The minimum atomic E-state index is -0.736. The van der Waals surface area contributed by atoms with Gasteiger partial charge >= 0.3 is 5.69 Å². The molecule has 0 aliphatic carbocycles. The Morgan fingerprint density at radius 2 is 1.75 bits per heavy atom. The summed E-state index contributed by atoms with van der Waals surface area (Å²) in [6.07, 6.45) is 2.20. The summed E-state index contributed by atoms with van der Waals surface area (Å²) in [7, 11) is 0. The van der Waals surface area contributed by atoms with Gasteiger partial charge in [0.25, 0.3) is 5.69 Å². The number of rotatable bonds is 7. The Bertz CT molecular complexity index is 911. The van der Waals surface area contributed by atoms with E-state index < -0.39 is 21.2 Å². The average Bonchev–Trinajstić information content (AvgIpc) is 3.18. The predicted molar refractivity (Wildman–Crippen MR) is 104 cm³/mol. The highest BCUT2D eigenvalue weighted by Crippen LogP contribution is 2.31. The molecule has 2 aromatic carbocycles. The zero-order chi connectivity index (χ0) is 20.1. The van der Waals surface area contributed by atoms with Crippen LogP contribution in [-0.2, 0) is 0 Å². The van der Waals surface area contributed by atoms with Crippen LogP contribution < -0.4 is 4.84 Å². The fraction of sp³-hybridized carbons (Fsp3) is 0.278. The molecule has 1 saturated heterocycles. The quantitative estimate of drug-likeness (QED) is 0.391. The van der Waals surface area contributed by atoms with E-state index in [9.17, 15) is 20.2 Å². The highest BCUT2D eigenvalue weighted by molar-refractivity contribution is 6.30. The Kier molecular flexibility index (Phi) is 6.17. The van der Waals surface area contributed by atoms with Gasteiger partial charge in [-0.25, -0.2) is 0 Å². The Morgan fingerprint density at radius 3 is 2.36 bits per heavy atom. The van der Waals surface area contributed by atoms with Gasteiger partial charge < -0.3 is 4.84 Å². The van der Waals surface area contributed by atoms with E-state index in [1.54, 1.807) is 24.3 Å². The summed E-state index contributed by atoms with van der Waals surface area (Å²) in [5, 5.41) is 26.8. The van der Waals surface area contributed by atoms with Crippen LogP contribution in [0.4, 0.5) is 11.4 Å². The van der Waals surface area contributed by atoms with Crippen molar-refractivity contribution in [1.29, 1.82) is 0 Å². The van der Waals surface area contributed by atoms with Gasteiger partial charge in [-0.2, -0.15) is 0 Å². The van der Waals surface area contributed by atoms with Crippen molar-refractivity contribution in [3.05, 3.63) is 73.3 Å². The number of nitro groups is 2. The molecule has 0 N–H and O–H groups in total. The second-order valence-electron chi connectivity index (χ2n) is 6.29. The Morgan fingerprint density at radius 1 is 1.07 bits per heavy atom. The molecule has 1 heterocycles. The molecule has 3 rings (SSSR count). The third-order valence-corrected chi connectivity index (χ3v) is 4.61. The summed E-state index contributed by atoms with van der Waals surface area (Å²) < 4.78 is 0. The van der Waals surface area contributed by atoms with Gasteiger partial charge in [-0.1, -0.05) is 28.9 Å². The molecular weight excluding hydrogens is 388 g/mol. The number of nitro benzene ring substituents is 2. The van der Waals surface area contributed by atoms with Crippen LogP contribution in [0.25, 0.3) is 0 Å². The zero-order valence-electron chi connectivity index (χ0n) is 14.8. The largest absolute Gasteiger partial charge is 0.349 e. The maximum atomic E-state index is 11.3. The lowest BCUT2D eigenvalue weighted by atomic mass is 10.1. The van der Waals surface area contributed by atoms with Crippen molar-refractivity contribution in [2.75, 3.05) is 19.6 Å². The second kappa shape index (κ2) is 8.77. The number of hydrogen-bond donors (Lipinski definition) is 0. The van der Waals surface area contributed by atoms with Crippen LogP contribution >= 0.6 is 11.6 Å². The molecule has 146 valence electrons. The van der Waals surface area contributed by atoms with E-state index in [1.807, 2.05) is 0 Å². The smallest absolute Gasteiger partial charge is 0.321 e. The van der Waals surface area contributed by atoms with Crippen LogP contribution in [-0.4, -0.2) is 40.1 Å². The van der Waals surface area contributed by atoms with E-state index in [-0.39, 0.29) is 5.75 Å². The highest BCUT2D eigenvalue weighted by atomic mass is 35.5. The van der Waals surface area contributed by atoms with Crippen molar-refractivity contribution in [3.63, 3.8) is 0 Å². The molecule has 0 atom stereocenters. The molecule has 9 nitrogen and oxygen atoms in total. The van der Waals surface area contributed by atoms with Crippen molar-refractivity contribution in [2.45, 2.75) is 12.8 Å². The summed E-state index contributed by atoms with van der Waals surface area (Å²) in [5.41, 5.74) is 0.458. The molecule has 1 fully saturated rings. The van der Waals surface area contributed by atoms with Crippen LogP contribution in [0.3, 0.4) is 0 Å². The van der Waals surface area contributed by atoms with Gasteiger partial charge in [-0.3, -0.25) is 25.1 Å². The third kappa shape index (κ3) is 4.81. The maximum Gasteiger partial charge on any atom is 0.321 e. The van der Waals surface area contributed by atoms with Gasteiger partial charge in [0.1, 0.15) is 5.71 Å². The molecule has 2 aromatic rings. The number of hydrogen-bond acceptors (Lipinski definition) is 7. The van der Waals surface area contributed by atoms with Crippen molar-refractivity contribution >= 4 is 28.7 Å². The zero-order valence-corrected chi connectivity index (χ0v) is 15.5. The minimum Gasteiger partial charge on any atom is -0.349 e. The monoisotopic (exact) mass is 404 g/mol. The predicted octanol–water partition coefficient (Wildman–Crippen LogP) is 4.04. The molecule has 0 amide bonds. The van der Waals surface area contributed by atoms with Gasteiger partial charge in [0, 0.05) is 23.2 Å².